The van der Waals surface area contributed by atoms with Crippen molar-refractivity contribution in [3.05, 3.63) is 78.0 Å². The lowest BCUT2D eigenvalue weighted by molar-refractivity contribution is 0.340. The van der Waals surface area contributed by atoms with Gasteiger partial charge in [-0.15, -0.1) is 0 Å². The van der Waals surface area contributed by atoms with Gasteiger partial charge < -0.3 is 18.9 Å². The fourth-order valence-corrected chi connectivity index (χ4v) is 3.76. The van der Waals surface area contributed by atoms with Crippen LogP contribution in [0, 0.1) is 0 Å². The number of pyridine rings is 1. The molecule has 0 aliphatic rings. The number of hydrogen-bond donors (Lipinski definition) is 0. The normalized spacial score (nSPS) is 10.8. The van der Waals surface area contributed by atoms with Crippen LogP contribution >= 0.6 is 0 Å². The first kappa shape index (κ1) is 21.5. The Hall–Kier alpha value is -3.73. The molecule has 0 unspecified atom stereocenters. The lowest BCUT2D eigenvalue weighted by atomic mass is 10.00. The Balaban J connectivity index is 1.83. The van der Waals surface area contributed by atoms with Gasteiger partial charge in [-0.25, -0.2) is 0 Å². The Morgan fingerprint density at radius 1 is 0.719 bits per heavy atom. The molecule has 0 fully saturated rings. The summed E-state index contributed by atoms with van der Waals surface area (Å²) in [6.45, 7) is 2.62. The monoisotopic (exact) mass is 429 g/mol. The molecule has 32 heavy (non-hydrogen) atoms. The van der Waals surface area contributed by atoms with Crippen molar-refractivity contribution in [2.45, 2.75) is 13.3 Å². The third-order valence-electron chi connectivity index (χ3n) is 5.41. The van der Waals surface area contributed by atoms with Crippen LogP contribution in [0.1, 0.15) is 18.2 Å². The lowest BCUT2D eigenvalue weighted by Crippen LogP contribution is -1.99. The predicted octanol–water partition coefficient (Wildman–Crippen LogP) is 5.92. The Labute approximate surface area is 188 Å². The molecule has 0 amide bonds. The maximum absolute atomic E-state index is 5.58. The standard InChI is InChI=1S/C27H27NO4/c1-5-32-22-12-8-19(9-13-22)24-15-20-16-26(30-3)27(31-4)17-23(20)25(28-24)14-18-6-10-21(29-2)11-7-18/h6-13,15-17H,5,14H2,1-4H3. The molecule has 0 atom stereocenters. The maximum atomic E-state index is 5.58. The van der Waals surface area contributed by atoms with Gasteiger partial charge in [0.05, 0.1) is 39.3 Å². The number of rotatable bonds is 8. The van der Waals surface area contributed by atoms with Gasteiger partial charge in [-0.3, -0.25) is 4.98 Å². The van der Waals surface area contributed by atoms with Gasteiger partial charge in [0.2, 0.25) is 0 Å². The molecule has 0 saturated carbocycles. The average molecular weight is 430 g/mol. The van der Waals surface area contributed by atoms with E-state index in [4.69, 9.17) is 23.9 Å². The fourth-order valence-electron chi connectivity index (χ4n) is 3.76. The molecule has 1 aromatic heterocycles. The molecule has 5 heteroatoms. The highest BCUT2D eigenvalue weighted by atomic mass is 16.5. The number of aromatic nitrogens is 1. The quantitative estimate of drug-likeness (QED) is 0.348. The summed E-state index contributed by atoms with van der Waals surface area (Å²) in [6, 6.07) is 22.2. The van der Waals surface area contributed by atoms with E-state index >= 15 is 0 Å². The second-order valence-corrected chi connectivity index (χ2v) is 7.36. The third kappa shape index (κ3) is 4.47. The maximum Gasteiger partial charge on any atom is 0.161 e. The molecule has 3 aromatic carbocycles. The molecule has 0 radical (unpaired) electrons. The highest BCUT2D eigenvalue weighted by Gasteiger charge is 2.14. The molecule has 1 heterocycles. The van der Waals surface area contributed by atoms with Crippen molar-refractivity contribution in [2.24, 2.45) is 0 Å². The summed E-state index contributed by atoms with van der Waals surface area (Å²) in [7, 11) is 4.97. The zero-order chi connectivity index (χ0) is 22.5. The molecule has 0 aliphatic heterocycles. The van der Waals surface area contributed by atoms with Gasteiger partial charge in [0.15, 0.2) is 11.5 Å². The number of benzene rings is 3. The van der Waals surface area contributed by atoms with Crippen molar-refractivity contribution in [1.82, 2.24) is 4.98 Å². The van der Waals surface area contributed by atoms with Gasteiger partial charge >= 0.3 is 0 Å². The van der Waals surface area contributed by atoms with Crippen LogP contribution in [0.25, 0.3) is 22.0 Å². The van der Waals surface area contributed by atoms with Gasteiger partial charge in [-0.1, -0.05) is 12.1 Å². The largest absolute Gasteiger partial charge is 0.497 e. The van der Waals surface area contributed by atoms with Gasteiger partial charge in [0.25, 0.3) is 0 Å². The molecule has 4 rings (SSSR count). The van der Waals surface area contributed by atoms with Crippen molar-refractivity contribution in [3.8, 4) is 34.3 Å². The fraction of sp³-hybridized carbons (Fsp3) is 0.222. The zero-order valence-electron chi connectivity index (χ0n) is 18.8. The number of fused-ring (bicyclic) bond motifs is 1. The van der Waals surface area contributed by atoms with Crippen LogP contribution in [-0.4, -0.2) is 32.9 Å². The summed E-state index contributed by atoms with van der Waals surface area (Å²) >= 11 is 0. The number of ether oxygens (including phenoxy) is 4. The van der Waals surface area contributed by atoms with E-state index in [1.54, 1.807) is 21.3 Å². The summed E-state index contributed by atoms with van der Waals surface area (Å²) in [5, 5.41) is 2.08. The van der Waals surface area contributed by atoms with Crippen LogP contribution in [0.5, 0.6) is 23.0 Å². The third-order valence-corrected chi connectivity index (χ3v) is 5.41. The number of nitrogens with zero attached hydrogens (tertiary/aromatic N) is 1. The Morgan fingerprint density at radius 2 is 1.38 bits per heavy atom. The summed E-state index contributed by atoms with van der Waals surface area (Å²) in [5.41, 5.74) is 4.05. The summed E-state index contributed by atoms with van der Waals surface area (Å²) in [6.07, 6.45) is 0.681. The van der Waals surface area contributed by atoms with Crippen LogP contribution < -0.4 is 18.9 Å². The van der Waals surface area contributed by atoms with Gasteiger partial charge in [0, 0.05) is 17.4 Å². The minimum absolute atomic E-state index is 0.640. The van der Waals surface area contributed by atoms with Crippen molar-refractivity contribution in [2.75, 3.05) is 27.9 Å². The Morgan fingerprint density at radius 3 is 2.00 bits per heavy atom. The molecule has 164 valence electrons. The van der Waals surface area contributed by atoms with E-state index in [0.29, 0.717) is 24.5 Å². The highest BCUT2D eigenvalue weighted by molar-refractivity contribution is 5.91. The van der Waals surface area contributed by atoms with Crippen molar-refractivity contribution < 1.29 is 18.9 Å². The minimum Gasteiger partial charge on any atom is -0.497 e. The number of hydrogen-bond acceptors (Lipinski definition) is 5. The Bertz CT molecular complexity index is 1200. The van der Waals surface area contributed by atoms with E-state index in [1.807, 2.05) is 55.5 Å². The van der Waals surface area contributed by atoms with E-state index in [2.05, 4.69) is 18.2 Å². The van der Waals surface area contributed by atoms with E-state index in [-0.39, 0.29) is 0 Å². The van der Waals surface area contributed by atoms with Crippen LogP contribution in [0.3, 0.4) is 0 Å². The predicted molar refractivity (Wildman–Crippen MR) is 127 cm³/mol. The van der Waals surface area contributed by atoms with E-state index in [0.717, 1.165) is 44.8 Å². The average Bonchev–Trinajstić information content (AvgIpc) is 2.84. The summed E-state index contributed by atoms with van der Waals surface area (Å²) in [5.74, 6) is 3.06. The van der Waals surface area contributed by atoms with E-state index < -0.39 is 0 Å². The first-order chi connectivity index (χ1) is 15.6. The molecule has 0 bridgehead atoms. The van der Waals surface area contributed by atoms with Crippen LogP contribution in [-0.2, 0) is 6.42 Å². The first-order valence-electron chi connectivity index (χ1n) is 10.6. The molecule has 0 N–H and O–H groups in total. The topological polar surface area (TPSA) is 49.8 Å². The minimum atomic E-state index is 0.640. The van der Waals surface area contributed by atoms with E-state index in [1.165, 1.54) is 0 Å². The smallest absolute Gasteiger partial charge is 0.161 e. The number of methoxy groups -OCH3 is 3. The molecule has 5 nitrogen and oxygen atoms in total. The van der Waals surface area contributed by atoms with Gasteiger partial charge in [-0.05, 0) is 72.5 Å². The zero-order valence-corrected chi connectivity index (χ0v) is 18.8. The summed E-state index contributed by atoms with van der Waals surface area (Å²) in [4.78, 5) is 5.05. The molecule has 0 aliphatic carbocycles. The van der Waals surface area contributed by atoms with Crippen LogP contribution in [0.4, 0.5) is 0 Å². The lowest BCUT2D eigenvalue weighted by Gasteiger charge is -2.14. The van der Waals surface area contributed by atoms with Crippen molar-refractivity contribution in [1.29, 1.82) is 0 Å². The molecule has 0 spiro atoms. The first-order valence-corrected chi connectivity index (χ1v) is 10.6. The van der Waals surface area contributed by atoms with Crippen molar-refractivity contribution >= 4 is 10.8 Å². The highest BCUT2D eigenvalue weighted by Crippen LogP contribution is 2.36. The van der Waals surface area contributed by atoms with E-state index in [9.17, 15) is 0 Å². The molecule has 4 aromatic rings. The molecule has 0 saturated heterocycles. The van der Waals surface area contributed by atoms with Gasteiger partial charge in [-0.2, -0.15) is 0 Å². The Kier molecular flexibility index (Phi) is 6.45. The summed E-state index contributed by atoms with van der Waals surface area (Å²) < 4.78 is 22.0. The van der Waals surface area contributed by atoms with Crippen LogP contribution in [0.15, 0.2) is 66.7 Å². The van der Waals surface area contributed by atoms with Crippen molar-refractivity contribution in [3.63, 3.8) is 0 Å². The second kappa shape index (κ2) is 9.60. The SMILES string of the molecule is CCOc1ccc(-c2cc3cc(OC)c(OC)cc3c(Cc3ccc(OC)cc3)n2)cc1. The van der Waals surface area contributed by atoms with Gasteiger partial charge in [0.1, 0.15) is 11.5 Å². The molecular weight excluding hydrogens is 402 g/mol. The second-order valence-electron chi connectivity index (χ2n) is 7.36. The van der Waals surface area contributed by atoms with Crippen LogP contribution in [0.2, 0.25) is 0 Å². The molecular formula is C27H27NO4.